The second-order valence-corrected chi connectivity index (χ2v) is 6.22. The van der Waals surface area contributed by atoms with Crippen LogP contribution in [0.1, 0.15) is 67.4 Å². The van der Waals surface area contributed by atoms with Crippen molar-refractivity contribution < 1.29 is 4.42 Å². The van der Waals surface area contributed by atoms with Gasteiger partial charge in [-0.15, -0.1) is 0 Å². The van der Waals surface area contributed by atoms with Gasteiger partial charge in [0.25, 0.3) is 0 Å². The summed E-state index contributed by atoms with van der Waals surface area (Å²) in [6.07, 6.45) is 7.71. The fourth-order valence-electron chi connectivity index (χ4n) is 3.50. The quantitative estimate of drug-likeness (QED) is 0.811. The summed E-state index contributed by atoms with van der Waals surface area (Å²) in [5, 5.41) is 0. The third-order valence-corrected chi connectivity index (χ3v) is 4.73. The Hall–Kier alpha value is -1.83. The molecule has 22 heavy (non-hydrogen) atoms. The van der Waals surface area contributed by atoms with E-state index in [1.54, 1.807) is 0 Å². The Morgan fingerprint density at radius 3 is 2.50 bits per heavy atom. The second kappa shape index (κ2) is 6.95. The normalized spacial score (nSPS) is 16.4. The van der Waals surface area contributed by atoms with E-state index in [0.29, 0.717) is 0 Å². The summed E-state index contributed by atoms with van der Waals surface area (Å²) in [6.45, 7) is 2.13. The maximum atomic E-state index is 12.5. The molecule has 0 fully saturated rings. The van der Waals surface area contributed by atoms with Crippen molar-refractivity contribution in [2.45, 2.75) is 57.8 Å². The Balaban J connectivity index is 2.02. The van der Waals surface area contributed by atoms with Crippen molar-refractivity contribution in [1.29, 1.82) is 0 Å². The first kappa shape index (κ1) is 15.1. The van der Waals surface area contributed by atoms with Crippen molar-refractivity contribution in [3.05, 3.63) is 69.3 Å². The van der Waals surface area contributed by atoms with Crippen LogP contribution in [0.15, 0.2) is 45.6 Å². The third kappa shape index (κ3) is 3.16. The van der Waals surface area contributed by atoms with Crippen molar-refractivity contribution >= 4 is 0 Å². The van der Waals surface area contributed by atoms with E-state index in [1.165, 1.54) is 30.4 Å². The van der Waals surface area contributed by atoms with Crippen molar-refractivity contribution in [2.75, 3.05) is 0 Å². The Bertz CT molecular complexity index is 670. The lowest BCUT2D eigenvalue weighted by atomic mass is 9.88. The van der Waals surface area contributed by atoms with Crippen LogP contribution in [0.4, 0.5) is 0 Å². The van der Waals surface area contributed by atoms with E-state index < -0.39 is 0 Å². The number of benzene rings is 1. The molecule has 1 aliphatic rings. The van der Waals surface area contributed by atoms with E-state index >= 15 is 0 Å². The Kier molecular flexibility index (Phi) is 4.77. The van der Waals surface area contributed by atoms with Gasteiger partial charge in [-0.3, -0.25) is 0 Å². The van der Waals surface area contributed by atoms with E-state index in [4.69, 9.17) is 4.42 Å². The molecule has 2 heteroatoms. The molecule has 1 heterocycles. The number of hydrogen-bond donors (Lipinski definition) is 0. The molecule has 1 atom stereocenters. The van der Waals surface area contributed by atoms with E-state index in [2.05, 4.69) is 25.1 Å². The van der Waals surface area contributed by atoms with Crippen molar-refractivity contribution in [1.82, 2.24) is 0 Å². The molecule has 0 saturated heterocycles. The number of fused-ring (bicyclic) bond motifs is 1. The standard InChI is InChI=1S/C20H24O2/c1-2-17(15-10-7-5-8-11-15)18-14-16-12-6-3-4-9-13-19(16)22-20(18)21/h5,7-8,10-11,14,17H,2-4,6,9,12-13H2,1H3. The molecular formula is C20H24O2. The first-order chi connectivity index (χ1) is 10.8. The molecule has 0 N–H and O–H groups in total. The molecule has 0 saturated carbocycles. The van der Waals surface area contributed by atoms with Gasteiger partial charge in [-0.05, 0) is 42.9 Å². The molecule has 0 spiro atoms. The average Bonchev–Trinajstić information content (AvgIpc) is 2.52. The van der Waals surface area contributed by atoms with Gasteiger partial charge in [0.1, 0.15) is 5.76 Å². The lowest BCUT2D eigenvalue weighted by Crippen LogP contribution is -2.16. The van der Waals surface area contributed by atoms with Crippen LogP contribution in [0.3, 0.4) is 0 Å². The van der Waals surface area contributed by atoms with Crippen molar-refractivity contribution in [2.24, 2.45) is 0 Å². The van der Waals surface area contributed by atoms with Gasteiger partial charge in [0.15, 0.2) is 0 Å². The molecule has 1 unspecified atom stereocenters. The Labute approximate surface area is 132 Å². The van der Waals surface area contributed by atoms with E-state index in [0.717, 1.165) is 37.0 Å². The summed E-state index contributed by atoms with van der Waals surface area (Å²) in [4.78, 5) is 12.5. The minimum atomic E-state index is -0.143. The zero-order chi connectivity index (χ0) is 15.4. The molecule has 0 bridgehead atoms. The third-order valence-electron chi connectivity index (χ3n) is 4.73. The fourth-order valence-corrected chi connectivity index (χ4v) is 3.50. The lowest BCUT2D eigenvalue weighted by Gasteiger charge is -2.18. The minimum absolute atomic E-state index is 0.133. The van der Waals surface area contributed by atoms with Crippen LogP contribution >= 0.6 is 0 Å². The summed E-state index contributed by atoms with van der Waals surface area (Å²) in [7, 11) is 0. The maximum Gasteiger partial charge on any atom is 0.339 e. The van der Waals surface area contributed by atoms with Crippen LogP contribution in [0, 0.1) is 0 Å². The highest BCUT2D eigenvalue weighted by atomic mass is 16.4. The average molecular weight is 296 g/mol. The molecule has 1 aromatic heterocycles. The predicted molar refractivity (Wildman–Crippen MR) is 89.4 cm³/mol. The molecule has 1 aromatic carbocycles. The van der Waals surface area contributed by atoms with E-state index in [-0.39, 0.29) is 11.5 Å². The number of aryl methyl sites for hydroxylation is 2. The summed E-state index contributed by atoms with van der Waals surface area (Å²) in [5.41, 5.74) is 3.13. The fraction of sp³-hybridized carbons (Fsp3) is 0.450. The minimum Gasteiger partial charge on any atom is -0.427 e. The van der Waals surface area contributed by atoms with Gasteiger partial charge in [0.05, 0.1) is 0 Å². The Morgan fingerprint density at radius 1 is 1.05 bits per heavy atom. The molecule has 0 amide bonds. The van der Waals surface area contributed by atoms with Crippen LogP contribution in [-0.4, -0.2) is 0 Å². The van der Waals surface area contributed by atoms with Gasteiger partial charge in [-0.1, -0.05) is 50.1 Å². The first-order valence-electron chi connectivity index (χ1n) is 8.50. The number of hydrogen-bond acceptors (Lipinski definition) is 2. The summed E-state index contributed by atoms with van der Waals surface area (Å²) >= 11 is 0. The topological polar surface area (TPSA) is 30.2 Å². The highest BCUT2D eigenvalue weighted by Gasteiger charge is 2.20. The largest absolute Gasteiger partial charge is 0.427 e. The van der Waals surface area contributed by atoms with E-state index in [9.17, 15) is 4.79 Å². The Morgan fingerprint density at radius 2 is 1.77 bits per heavy atom. The molecular weight excluding hydrogens is 272 g/mol. The van der Waals surface area contributed by atoms with Gasteiger partial charge in [0.2, 0.25) is 0 Å². The molecule has 2 nitrogen and oxygen atoms in total. The monoisotopic (exact) mass is 296 g/mol. The predicted octanol–water partition coefficient (Wildman–Crippen LogP) is 4.84. The first-order valence-corrected chi connectivity index (χ1v) is 8.50. The zero-order valence-corrected chi connectivity index (χ0v) is 13.3. The van der Waals surface area contributed by atoms with Crippen LogP contribution in [0.2, 0.25) is 0 Å². The smallest absolute Gasteiger partial charge is 0.339 e. The van der Waals surface area contributed by atoms with Crippen molar-refractivity contribution in [3.8, 4) is 0 Å². The molecule has 0 radical (unpaired) electrons. The second-order valence-electron chi connectivity index (χ2n) is 6.22. The highest BCUT2D eigenvalue weighted by molar-refractivity contribution is 5.34. The molecule has 116 valence electrons. The van der Waals surface area contributed by atoms with Gasteiger partial charge in [-0.2, -0.15) is 0 Å². The summed E-state index contributed by atoms with van der Waals surface area (Å²) < 4.78 is 5.72. The summed E-state index contributed by atoms with van der Waals surface area (Å²) in [6, 6.07) is 12.4. The zero-order valence-electron chi connectivity index (χ0n) is 13.3. The van der Waals surface area contributed by atoms with Crippen LogP contribution < -0.4 is 5.63 Å². The molecule has 2 aromatic rings. The molecule has 0 aliphatic heterocycles. The molecule has 1 aliphatic carbocycles. The van der Waals surface area contributed by atoms with Crippen molar-refractivity contribution in [3.63, 3.8) is 0 Å². The van der Waals surface area contributed by atoms with E-state index in [1.807, 2.05) is 18.2 Å². The van der Waals surface area contributed by atoms with Gasteiger partial charge in [0, 0.05) is 17.9 Å². The summed E-state index contributed by atoms with van der Waals surface area (Å²) in [5.74, 6) is 1.06. The highest BCUT2D eigenvalue weighted by Crippen LogP contribution is 2.28. The van der Waals surface area contributed by atoms with Gasteiger partial charge < -0.3 is 4.42 Å². The van der Waals surface area contributed by atoms with Crippen LogP contribution in [0.5, 0.6) is 0 Å². The van der Waals surface area contributed by atoms with Crippen LogP contribution in [0.25, 0.3) is 0 Å². The van der Waals surface area contributed by atoms with Gasteiger partial charge in [-0.25, -0.2) is 4.79 Å². The van der Waals surface area contributed by atoms with Gasteiger partial charge >= 0.3 is 5.63 Å². The SMILES string of the molecule is CCC(c1ccccc1)c1cc2c(oc1=O)CCCCCC2. The lowest BCUT2D eigenvalue weighted by molar-refractivity contribution is 0.422. The maximum absolute atomic E-state index is 12.5. The van der Waals surface area contributed by atoms with Crippen LogP contribution in [-0.2, 0) is 12.8 Å². The molecule has 3 rings (SSSR count). The number of rotatable bonds is 3.